The molecule has 0 aliphatic carbocycles. The van der Waals surface area contributed by atoms with Gasteiger partial charge in [0, 0.05) is 23.5 Å². The van der Waals surface area contributed by atoms with Gasteiger partial charge in [0.1, 0.15) is 0 Å². The van der Waals surface area contributed by atoms with Gasteiger partial charge in [-0.1, -0.05) is 32.9 Å². The Labute approximate surface area is 181 Å². The van der Waals surface area contributed by atoms with Gasteiger partial charge < -0.3 is 21.7 Å². The maximum Gasteiger partial charge on any atom is 0.248 e. The molecular weight excluding hydrogens is 392 g/mol. The van der Waals surface area contributed by atoms with Crippen molar-refractivity contribution in [2.45, 2.75) is 45.1 Å². The van der Waals surface area contributed by atoms with Crippen molar-refractivity contribution in [3.63, 3.8) is 0 Å². The van der Waals surface area contributed by atoms with Crippen LogP contribution in [-0.4, -0.2) is 30.3 Å². The molecule has 1 saturated heterocycles. The average molecular weight is 421 g/mol. The van der Waals surface area contributed by atoms with Crippen LogP contribution in [-0.2, 0) is 21.4 Å². The van der Waals surface area contributed by atoms with Gasteiger partial charge in [-0.15, -0.1) is 0 Å². The number of anilines is 2. The number of amides is 3. The molecule has 3 amide bonds. The van der Waals surface area contributed by atoms with Crippen molar-refractivity contribution in [3.8, 4) is 0 Å². The van der Waals surface area contributed by atoms with Gasteiger partial charge in [0.2, 0.25) is 17.7 Å². The summed E-state index contributed by atoms with van der Waals surface area (Å²) in [7, 11) is 0. The third kappa shape index (κ3) is 4.05. The van der Waals surface area contributed by atoms with E-state index >= 15 is 0 Å². The van der Waals surface area contributed by atoms with Gasteiger partial charge in [0.25, 0.3) is 0 Å². The van der Waals surface area contributed by atoms with E-state index in [-0.39, 0.29) is 17.2 Å². The predicted octanol–water partition coefficient (Wildman–Crippen LogP) is 2.56. The highest BCUT2D eigenvalue weighted by molar-refractivity contribution is 6.08. The van der Waals surface area contributed by atoms with E-state index in [1.807, 2.05) is 6.07 Å². The zero-order chi connectivity index (χ0) is 22.4. The van der Waals surface area contributed by atoms with E-state index in [0.29, 0.717) is 24.2 Å². The molecule has 2 atom stereocenters. The fourth-order valence-electron chi connectivity index (χ4n) is 4.48. The Morgan fingerprint density at radius 1 is 1.16 bits per heavy atom. The van der Waals surface area contributed by atoms with Crippen LogP contribution in [0, 0.1) is 5.41 Å². The second-order valence-corrected chi connectivity index (χ2v) is 9.72. The summed E-state index contributed by atoms with van der Waals surface area (Å²) in [5.74, 6) is -0.797. The van der Waals surface area contributed by atoms with Gasteiger partial charge in [-0.25, -0.2) is 0 Å². The van der Waals surface area contributed by atoms with E-state index in [2.05, 4.69) is 48.9 Å². The minimum atomic E-state index is -0.749. The molecule has 162 valence electrons. The molecule has 0 radical (unpaired) electrons. The molecule has 2 aliphatic rings. The number of fused-ring (bicyclic) bond motifs is 2. The highest BCUT2D eigenvalue weighted by Gasteiger charge is 2.53. The first-order valence-electron chi connectivity index (χ1n) is 10.5. The molecule has 2 aliphatic heterocycles. The van der Waals surface area contributed by atoms with Crippen molar-refractivity contribution in [2.24, 2.45) is 11.1 Å². The van der Waals surface area contributed by atoms with Crippen LogP contribution in [0.4, 0.5) is 11.4 Å². The molecule has 1 spiro atoms. The van der Waals surface area contributed by atoms with Gasteiger partial charge in [-0.3, -0.25) is 14.4 Å². The van der Waals surface area contributed by atoms with Crippen LogP contribution in [0.2, 0.25) is 0 Å². The Bertz CT molecular complexity index is 1060. The lowest BCUT2D eigenvalue weighted by molar-refractivity contribution is -0.120. The Morgan fingerprint density at radius 3 is 2.52 bits per heavy atom. The Hall–Kier alpha value is -3.19. The van der Waals surface area contributed by atoms with E-state index in [1.54, 1.807) is 24.3 Å². The van der Waals surface area contributed by atoms with Crippen LogP contribution in [0.3, 0.4) is 0 Å². The van der Waals surface area contributed by atoms with Crippen LogP contribution in [0.5, 0.6) is 0 Å². The number of nitrogens with one attached hydrogen (secondary N) is 3. The summed E-state index contributed by atoms with van der Waals surface area (Å²) in [5, 5.41) is 9.08. The Morgan fingerprint density at radius 2 is 1.87 bits per heavy atom. The fraction of sp³-hybridized carbons (Fsp3) is 0.375. The van der Waals surface area contributed by atoms with Crippen LogP contribution < -0.4 is 21.7 Å². The Kier molecular flexibility index (Phi) is 5.09. The van der Waals surface area contributed by atoms with Gasteiger partial charge in [0.15, 0.2) is 0 Å². The van der Waals surface area contributed by atoms with Crippen molar-refractivity contribution in [1.29, 1.82) is 0 Å². The van der Waals surface area contributed by atoms with Gasteiger partial charge in [-0.05, 0) is 59.7 Å². The number of hydrogen-bond acceptors (Lipinski definition) is 4. The molecule has 2 aromatic rings. The number of primary amides is 1. The standard InChI is InChI=1S/C24H28N4O3/c1-23(2,3)11-14-4-9-18-17(10-14)24(22(31)28-18)12-19(26-13-24)21(30)27-16-7-5-15(6-8-16)20(25)29/h4-10,19,26H,11-13H2,1-3H3,(H2,25,29)(H,27,30)(H,28,31). The number of benzene rings is 2. The fourth-order valence-corrected chi connectivity index (χ4v) is 4.48. The maximum atomic E-state index is 13.0. The third-order valence-corrected chi connectivity index (χ3v) is 5.97. The summed E-state index contributed by atoms with van der Waals surface area (Å²) >= 11 is 0. The molecule has 2 aromatic carbocycles. The summed E-state index contributed by atoms with van der Waals surface area (Å²) in [5.41, 5.74) is 8.56. The predicted molar refractivity (Wildman–Crippen MR) is 120 cm³/mol. The lowest BCUT2D eigenvalue weighted by Crippen LogP contribution is -2.36. The van der Waals surface area contributed by atoms with Crippen molar-refractivity contribution >= 4 is 29.1 Å². The lowest BCUT2D eigenvalue weighted by atomic mass is 9.78. The van der Waals surface area contributed by atoms with Crippen molar-refractivity contribution in [1.82, 2.24) is 5.32 Å². The van der Waals surface area contributed by atoms with Crippen LogP contribution >= 0.6 is 0 Å². The topological polar surface area (TPSA) is 113 Å². The molecule has 7 nitrogen and oxygen atoms in total. The molecule has 7 heteroatoms. The van der Waals surface area contributed by atoms with Gasteiger partial charge >= 0.3 is 0 Å². The highest BCUT2D eigenvalue weighted by Crippen LogP contribution is 2.44. The first kappa shape index (κ1) is 21.1. The quantitative estimate of drug-likeness (QED) is 0.609. The second kappa shape index (κ2) is 7.50. The van der Waals surface area contributed by atoms with Crippen molar-refractivity contribution in [2.75, 3.05) is 17.2 Å². The first-order valence-corrected chi connectivity index (χ1v) is 10.5. The molecule has 4 rings (SSSR count). The zero-order valence-electron chi connectivity index (χ0n) is 18.0. The lowest BCUT2D eigenvalue weighted by Gasteiger charge is -2.23. The molecular formula is C24H28N4O3. The van der Waals surface area contributed by atoms with Crippen molar-refractivity contribution < 1.29 is 14.4 Å². The molecule has 31 heavy (non-hydrogen) atoms. The minimum Gasteiger partial charge on any atom is -0.366 e. The maximum absolute atomic E-state index is 13.0. The van der Waals surface area contributed by atoms with Crippen LogP contribution in [0.1, 0.15) is 48.7 Å². The highest BCUT2D eigenvalue weighted by atomic mass is 16.2. The van der Waals surface area contributed by atoms with Gasteiger partial charge in [0.05, 0.1) is 11.5 Å². The first-order chi connectivity index (χ1) is 14.6. The molecule has 0 saturated carbocycles. The number of rotatable bonds is 4. The molecule has 1 fully saturated rings. The normalized spacial score (nSPS) is 22.3. The molecule has 0 bridgehead atoms. The third-order valence-electron chi connectivity index (χ3n) is 5.97. The van der Waals surface area contributed by atoms with E-state index in [0.717, 1.165) is 17.7 Å². The summed E-state index contributed by atoms with van der Waals surface area (Å²) in [6.45, 7) is 6.97. The summed E-state index contributed by atoms with van der Waals surface area (Å²) in [6.07, 6.45) is 1.29. The largest absolute Gasteiger partial charge is 0.366 e. The van der Waals surface area contributed by atoms with E-state index < -0.39 is 17.4 Å². The second-order valence-electron chi connectivity index (χ2n) is 9.72. The summed E-state index contributed by atoms with van der Waals surface area (Å²) in [6, 6.07) is 12.1. The molecule has 0 aromatic heterocycles. The zero-order valence-corrected chi connectivity index (χ0v) is 18.0. The SMILES string of the molecule is CC(C)(C)Cc1ccc2c(c1)C1(CNC(C(=O)Nc3ccc(C(N)=O)cc3)C1)C(=O)N2. The number of carbonyl (C=O) groups excluding carboxylic acids is 3. The number of hydrogen-bond donors (Lipinski definition) is 4. The van der Waals surface area contributed by atoms with E-state index in [9.17, 15) is 14.4 Å². The Balaban J connectivity index is 1.52. The van der Waals surface area contributed by atoms with Crippen LogP contribution in [0.25, 0.3) is 0 Å². The number of carbonyl (C=O) groups is 3. The van der Waals surface area contributed by atoms with Crippen molar-refractivity contribution in [3.05, 3.63) is 59.2 Å². The van der Waals surface area contributed by atoms with Gasteiger partial charge in [-0.2, -0.15) is 0 Å². The van der Waals surface area contributed by atoms with Crippen LogP contribution in [0.15, 0.2) is 42.5 Å². The number of nitrogens with two attached hydrogens (primary N) is 1. The monoisotopic (exact) mass is 420 g/mol. The average Bonchev–Trinajstić information content (AvgIpc) is 3.25. The van der Waals surface area contributed by atoms with E-state index in [1.165, 1.54) is 5.56 Å². The van der Waals surface area contributed by atoms with E-state index in [4.69, 9.17) is 5.73 Å². The summed E-state index contributed by atoms with van der Waals surface area (Å²) in [4.78, 5) is 37.0. The smallest absolute Gasteiger partial charge is 0.248 e. The molecule has 2 unspecified atom stereocenters. The molecule has 2 heterocycles. The minimum absolute atomic E-state index is 0.0657. The molecule has 5 N–H and O–H groups in total. The summed E-state index contributed by atoms with van der Waals surface area (Å²) < 4.78 is 0.